The second kappa shape index (κ2) is 6.97. The molecule has 0 aliphatic carbocycles. The topological polar surface area (TPSA) is 78.2 Å². The van der Waals surface area contributed by atoms with Crippen LogP contribution in [0.25, 0.3) is 17.2 Å². The van der Waals surface area contributed by atoms with E-state index in [0.717, 1.165) is 5.16 Å². The molecule has 26 heavy (non-hydrogen) atoms. The molecule has 132 valence electrons. The molecular weight excluding hydrogens is 374 g/mol. The van der Waals surface area contributed by atoms with E-state index in [1.54, 1.807) is 24.6 Å². The van der Waals surface area contributed by atoms with Gasteiger partial charge in [0.15, 0.2) is 16.7 Å². The third-order valence-electron chi connectivity index (χ3n) is 3.80. The number of hydrogen-bond donors (Lipinski definition) is 0. The highest BCUT2D eigenvalue weighted by atomic mass is 35.5. The molecule has 4 heterocycles. The lowest BCUT2D eigenvalue weighted by atomic mass is 10.4. The second-order valence-corrected chi connectivity index (χ2v) is 6.86. The number of pyridine rings is 1. The summed E-state index contributed by atoms with van der Waals surface area (Å²) in [5.41, 5.74) is 1.07. The molecule has 4 aromatic heterocycles. The summed E-state index contributed by atoms with van der Waals surface area (Å²) in [6, 6.07) is 8.61. The van der Waals surface area contributed by atoms with Gasteiger partial charge in [-0.1, -0.05) is 23.4 Å². The first kappa shape index (κ1) is 16.9. The number of rotatable bonds is 5. The average molecular weight is 388 g/mol. The summed E-state index contributed by atoms with van der Waals surface area (Å²) in [5, 5.41) is 9.70. The van der Waals surface area contributed by atoms with Gasteiger partial charge in [-0.25, -0.2) is 4.98 Å². The van der Waals surface area contributed by atoms with Crippen molar-refractivity contribution in [2.24, 2.45) is 0 Å². The van der Waals surface area contributed by atoms with E-state index < -0.39 is 0 Å². The van der Waals surface area contributed by atoms with Gasteiger partial charge in [0.2, 0.25) is 0 Å². The molecule has 0 bridgehead atoms. The zero-order valence-electron chi connectivity index (χ0n) is 13.8. The number of hydrogen-bond acceptors (Lipinski definition) is 6. The minimum Gasteiger partial charge on any atom is -0.461 e. The maximum absolute atomic E-state index is 12.3. The second-order valence-electron chi connectivity index (χ2n) is 5.48. The van der Waals surface area contributed by atoms with Crippen LogP contribution in [-0.2, 0) is 12.3 Å². The number of nitrogens with zero attached hydrogens (tertiary/aromatic N) is 5. The molecule has 0 spiro atoms. The highest BCUT2D eigenvalue weighted by Crippen LogP contribution is 2.26. The number of aromatic nitrogens is 5. The molecule has 0 aliphatic rings. The molecular formula is C17H14ClN5O2S. The van der Waals surface area contributed by atoms with Gasteiger partial charge >= 0.3 is 0 Å². The molecule has 9 heteroatoms. The maximum atomic E-state index is 12.3. The molecule has 0 radical (unpaired) electrons. The summed E-state index contributed by atoms with van der Waals surface area (Å²) < 4.78 is 8.81. The van der Waals surface area contributed by atoms with Crippen LogP contribution in [0.15, 0.2) is 57.2 Å². The number of halogens is 1. The van der Waals surface area contributed by atoms with Crippen molar-refractivity contribution >= 4 is 29.0 Å². The van der Waals surface area contributed by atoms with Crippen molar-refractivity contribution in [2.45, 2.75) is 24.4 Å². The molecule has 0 aromatic carbocycles. The summed E-state index contributed by atoms with van der Waals surface area (Å²) in [6.45, 7) is 2.72. The molecule has 0 saturated carbocycles. The molecule has 0 N–H and O–H groups in total. The monoisotopic (exact) mass is 387 g/mol. The Kier molecular flexibility index (Phi) is 4.52. The van der Waals surface area contributed by atoms with Crippen molar-refractivity contribution in [3.8, 4) is 11.6 Å². The zero-order valence-corrected chi connectivity index (χ0v) is 15.4. The summed E-state index contributed by atoms with van der Waals surface area (Å²) in [6.07, 6.45) is 3.17. The Morgan fingerprint density at radius 2 is 2.15 bits per heavy atom. The van der Waals surface area contributed by atoms with Gasteiger partial charge in [0.25, 0.3) is 5.56 Å². The highest BCUT2D eigenvalue weighted by Gasteiger charge is 2.15. The Morgan fingerprint density at radius 1 is 1.27 bits per heavy atom. The van der Waals surface area contributed by atoms with Crippen LogP contribution in [0.5, 0.6) is 0 Å². The molecule has 7 nitrogen and oxygen atoms in total. The van der Waals surface area contributed by atoms with E-state index in [4.69, 9.17) is 16.0 Å². The van der Waals surface area contributed by atoms with Crippen LogP contribution in [0.1, 0.15) is 12.6 Å². The predicted octanol–water partition coefficient (Wildman–Crippen LogP) is 3.51. The van der Waals surface area contributed by atoms with Crippen LogP contribution >= 0.6 is 23.4 Å². The van der Waals surface area contributed by atoms with Crippen molar-refractivity contribution < 1.29 is 4.42 Å². The van der Waals surface area contributed by atoms with Crippen molar-refractivity contribution in [3.63, 3.8) is 0 Å². The Balaban J connectivity index is 1.61. The van der Waals surface area contributed by atoms with E-state index in [-0.39, 0.29) is 5.56 Å². The summed E-state index contributed by atoms with van der Waals surface area (Å²) in [7, 11) is 0. The average Bonchev–Trinajstić information content (AvgIpc) is 3.29. The molecule has 0 saturated heterocycles. The molecule has 0 unspecified atom stereocenters. The van der Waals surface area contributed by atoms with Gasteiger partial charge in [0, 0.05) is 24.6 Å². The first-order valence-corrected chi connectivity index (χ1v) is 9.30. The summed E-state index contributed by atoms with van der Waals surface area (Å²) >= 11 is 7.41. The van der Waals surface area contributed by atoms with Crippen LogP contribution in [0.3, 0.4) is 0 Å². The van der Waals surface area contributed by atoms with E-state index in [1.165, 1.54) is 22.2 Å². The summed E-state index contributed by atoms with van der Waals surface area (Å²) in [4.78, 5) is 16.8. The lowest BCUT2D eigenvalue weighted by Crippen LogP contribution is -2.15. The SMILES string of the molecule is CCn1c(SCc2cc(=O)n3cc(Cl)ccc3n2)nnc1-c1ccco1. The first-order chi connectivity index (χ1) is 12.7. The largest absolute Gasteiger partial charge is 0.461 e. The molecule has 4 rings (SSSR count). The zero-order chi connectivity index (χ0) is 18.1. The molecule has 0 atom stereocenters. The quantitative estimate of drug-likeness (QED) is 0.487. The van der Waals surface area contributed by atoms with Crippen LogP contribution in [0.2, 0.25) is 5.02 Å². The van der Waals surface area contributed by atoms with Crippen molar-refractivity contribution in [3.05, 3.63) is 63.9 Å². The van der Waals surface area contributed by atoms with Crippen molar-refractivity contribution in [2.75, 3.05) is 0 Å². The minimum atomic E-state index is -0.165. The smallest absolute Gasteiger partial charge is 0.258 e. The van der Waals surface area contributed by atoms with Crippen molar-refractivity contribution in [1.29, 1.82) is 0 Å². The molecule has 0 fully saturated rings. The third kappa shape index (κ3) is 3.13. The van der Waals surface area contributed by atoms with Crippen molar-refractivity contribution in [1.82, 2.24) is 24.1 Å². The van der Waals surface area contributed by atoms with E-state index in [0.29, 0.717) is 40.2 Å². The number of thioether (sulfide) groups is 1. The lowest BCUT2D eigenvalue weighted by molar-refractivity contribution is 0.567. The minimum absolute atomic E-state index is 0.165. The van der Waals surface area contributed by atoms with E-state index in [1.807, 2.05) is 23.6 Å². The summed E-state index contributed by atoms with van der Waals surface area (Å²) in [5.74, 6) is 1.86. The van der Waals surface area contributed by atoms with Gasteiger partial charge in [-0.2, -0.15) is 0 Å². The fourth-order valence-corrected chi connectivity index (χ4v) is 3.66. The predicted molar refractivity (Wildman–Crippen MR) is 99.4 cm³/mol. The Hall–Kier alpha value is -2.58. The number of furan rings is 1. The van der Waals surface area contributed by atoms with Crippen LogP contribution in [0, 0.1) is 0 Å². The molecule has 0 amide bonds. The molecule has 4 aromatic rings. The fourth-order valence-electron chi connectivity index (χ4n) is 2.61. The van der Waals surface area contributed by atoms with Crippen LogP contribution in [0.4, 0.5) is 0 Å². The van der Waals surface area contributed by atoms with E-state index >= 15 is 0 Å². The maximum Gasteiger partial charge on any atom is 0.258 e. The van der Waals surface area contributed by atoms with Gasteiger partial charge in [0.05, 0.1) is 17.0 Å². The van der Waals surface area contributed by atoms with Gasteiger partial charge in [0.1, 0.15) is 5.65 Å². The Morgan fingerprint density at radius 3 is 2.92 bits per heavy atom. The standard InChI is InChI=1S/C17H14ClN5O2S/c1-2-22-16(13-4-3-7-25-13)20-21-17(22)26-10-12-8-15(24)23-9-11(18)5-6-14(23)19-12/h3-9H,2,10H2,1H3. The fraction of sp³-hybridized carbons (Fsp3) is 0.176. The van der Waals surface area contributed by atoms with Crippen LogP contribution < -0.4 is 5.56 Å². The van der Waals surface area contributed by atoms with E-state index in [2.05, 4.69) is 15.2 Å². The lowest BCUT2D eigenvalue weighted by Gasteiger charge is -2.06. The number of fused-ring (bicyclic) bond motifs is 1. The highest BCUT2D eigenvalue weighted by molar-refractivity contribution is 7.98. The Labute approximate surface area is 157 Å². The normalized spacial score (nSPS) is 11.3. The van der Waals surface area contributed by atoms with Gasteiger partial charge < -0.3 is 4.42 Å². The van der Waals surface area contributed by atoms with Gasteiger partial charge in [-0.05, 0) is 31.2 Å². The molecule has 0 aliphatic heterocycles. The van der Waals surface area contributed by atoms with Gasteiger partial charge in [-0.15, -0.1) is 10.2 Å². The van der Waals surface area contributed by atoms with Crippen LogP contribution in [-0.4, -0.2) is 24.1 Å². The van der Waals surface area contributed by atoms with E-state index in [9.17, 15) is 4.79 Å². The first-order valence-electron chi connectivity index (χ1n) is 7.93. The van der Waals surface area contributed by atoms with Gasteiger partial charge in [-0.3, -0.25) is 13.8 Å². The Bertz CT molecular complexity index is 1120. The third-order valence-corrected chi connectivity index (χ3v) is 5.02.